The van der Waals surface area contributed by atoms with Gasteiger partial charge in [0.2, 0.25) is 0 Å². The van der Waals surface area contributed by atoms with E-state index in [2.05, 4.69) is 10.3 Å². The molecule has 1 saturated heterocycles. The van der Waals surface area contributed by atoms with Crippen LogP contribution >= 0.6 is 34.7 Å². The summed E-state index contributed by atoms with van der Waals surface area (Å²) >= 11 is 9.27. The molecule has 1 unspecified atom stereocenters. The molecule has 1 N–H and O–H groups in total. The first-order valence-corrected chi connectivity index (χ1v) is 6.07. The Kier molecular flexibility index (Phi) is 2.91. The molecule has 2 rings (SSSR count). The zero-order valence-corrected chi connectivity index (χ0v) is 8.81. The van der Waals surface area contributed by atoms with Crippen molar-refractivity contribution in [1.82, 2.24) is 10.3 Å². The summed E-state index contributed by atoms with van der Waals surface area (Å²) in [4.78, 5) is 4.24. The van der Waals surface area contributed by atoms with Crippen LogP contribution in [0, 0.1) is 0 Å². The van der Waals surface area contributed by atoms with Crippen molar-refractivity contribution in [2.45, 2.75) is 11.8 Å². The molecule has 2 heterocycles. The van der Waals surface area contributed by atoms with Gasteiger partial charge in [-0.1, -0.05) is 11.6 Å². The van der Waals surface area contributed by atoms with Crippen LogP contribution in [-0.2, 0) is 0 Å². The van der Waals surface area contributed by atoms with Crippen LogP contribution in [0.4, 0.5) is 0 Å². The second kappa shape index (κ2) is 3.96. The Morgan fingerprint density at radius 3 is 3.17 bits per heavy atom. The lowest BCUT2D eigenvalue weighted by Crippen LogP contribution is -2.24. The number of thiazole rings is 1. The van der Waals surface area contributed by atoms with E-state index in [4.69, 9.17) is 11.6 Å². The molecule has 1 fully saturated rings. The van der Waals surface area contributed by atoms with Crippen molar-refractivity contribution < 1.29 is 0 Å². The Hall–Kier alpha value is 0.230. The highest BCUT2D eigenvalue weighted by Gasteiger charge is 2.17. The maximum atomic E-state index is 5.80. The van der Waals surface area contributed by atoms with Crippen LogP contribution in [0.2, 0.25) is 4.34 Å². The van der Waals surface area contributed by atoms with Crippen molar-refractivity contribution in [1.29, 1.82) is 0 Å². The maximum absolute atomic E-state index is 5.80. The van der Waals surface area contributed by atoms with Crippen LogP contribution in [0.5, 0.6) is 0 Å². The monoisotopic (exact) mass is 220 g/mol. The van der Waals surface area contributed by atoms with Crippen LogP contribution in [0.1, 0.15) is 16.8 Å². The van der Waals surface area contributed by atoms with E-state index in [1.807, 2.05) is 11.8 Å². The molecule has 5 heteroatoms. The number of hydrogen-bond donors (Lipinski definition) is 1. The van der Waals surface area contributed by atoms with Crippen molar-refractivity contribution in [2.75, 3.05) is 12.3 Å². The van der Waals surface area contributed by atoms with Gasteiger partial charge in [-0.15, -0.1) is 23.1 Å². The van der Waals surface area contributed by atoms with Gasteiger partial charge in [0.15, 0.2) is 0 Å². The summed E-state index contributed by atoms with van der Waals surface area (Å²) < 4.78 is 0.776. The minimum absolute atomic E-state index is 0.372. The van der Waals surface area contributed by atoms with Gasteiger partial charge >= 0.3 is 0 Å². The van der Waals surface area contributed by atoms with E-state index in [0.717, 1.165) is 15.9 Å². The molecule has 1 atom stereocenters. The summed E-state index contributed by atoms with van der Waals surface area (Å²) in [5, 5.41) is 4.87. The highest BCUT2D eigenvalue weighted by Crippen LogP contribution is 2.33. The first-order chi connectivity index (χ1) is 5.86. The molecule has 2 nitrogen and oxygen atoms in total. The predicted molar refractivity (Wildman–Crippen MR) is 54.9 cm³/mol. The molecule has 0 bridgehead atoms. The molecule has 0 saturated carbocycles. The molecule has 1 aromatic heterocycles. The Morgan fingerprint density at radius 2 is 2.58 bits per heavy atom. The summed E-state index contributed by atoms with van der Waals surface area (Å²) in [6.45, 7) is 1.09. The Morgan fingerprint density at radius 1 is 1.67 bits per heavy atom. The van der Waals surface area contributed by atoms with Gasteiger partial charge < -0.3 is 0 Å². The number of nitrogens with zero attached hydrogens (tertiary/aromatic N) is 1. The Balaban J connectivity index is 2.08. The average Bonchev–Trinajstić information content (AvgIpc) is 2.54. The van der Waals surface area contributed by atoms with Crippen molar-refractivity contribution >= 4 is 34.7 Å². The maximum Gasteiger partial charge on any atom is 0.121 e. The summed E-state index contributed by atoms with van der Waals surface area (Å²) in [7, 11) is 0. The molecule has 66 valence electrons. The quantitative estimate of drug-likeness (QED) is 0.788. The van der Waals surface area contributed by atoms with E-state index in [-0.39, 0.29) is 0 Å². The molecular weight excluding hydrogens is 212 g/mol. The molecule has 0 spiro atoms. The van der Waals surface area contributed by atoms with E-state index in [1.165, 1.54) is 12.2 Å². The molecule has 0 radical (unpaired) electrons. The van der Waals surface area contributed by atoms with Gasteiger partial charge in [-0.05, 0) is 18.7 Å². The summed E-state index contributed by atoms with van der Waals surface area (Å²) in [6.07, 6.45) is 2.97. The molecule has 0 amide bonds. The third kappa shape index (κ3) is 1.93. The number of aromatic nitrogens is 1. The van der Waals surface area contributed by atoms with Crippen molar-refractivity contribution in [2.24, 2.45) is 0 Å². The molecular formula is C7H9ClN2S2. The van der Waals surface area contributed by atoms with Crippen LogP contribution in [-0.4, -0.2) is 17.3 Å². The molecule has 1 aliphatic rings. The van der Waals surface area contributed by atoms with Crippen LogP contribution in [0.25, 0.3) is 0 Å². The first kappa shape index (κ1) is 8.81. The van der Waals surface area contributed by atoms with Gasteiger partial charge in [-0.2, -0.15) is 0 Å². The minimum atomic E-state index is 0.372. The highest BCUT2D eigenvalue weighted by atomic mass is 35.5. The largest absolute Gasteiger partial charge is 0.300 e. The molecule has 0 aromatic carbocycles. The Labute approximate surface area is 84.7 Å². The van der Waals surface area contributed by atoms with E-state index in [1.54, 1.807) is 17.5 Å². The lowest BCUT2D eigenvalue weighted by atomic mass is 10.4. The molecule has 1 aliphatic heterocycles. The SMILES string of the molecule is Clc1cnc(C2NCCCS2)s1. The van der Waals surface area contributed by atoms with E-state index in [9.17, 15) is 0 Å². The number of halogens is 1. The van der Waals surface area contributed by atoms with Gasteiger partial charge in [0, 0.05) is 0 Å². The van der Waals surface area contributed by atoms with Gasteiger partial charge in [-0.3, -0.25) is 5.32 Å². The van der Waals surface area contributed by atoms with Crippen LogP contribution in [0.15, 0.2) is 6.20 Å². The normalized spacial score (nSPS) is 24.2. The van der Waals surface area contributed by atoms with Crippen molar-refractivity contribution in [3.05, 3.63) is 15.5 Å². The van der Waals surface area contributed by atoms with E-state index >= 15 is 0 Å². The number of rotatable bonds is 1. The van der Waals surface area contributed by atoms with Gasteiger partial charge in [0.05, 0.1) is 6.20 Å². The van der Waals surface area contributed by atoms with Gasteiger partial charge in [0.25, 0.3) is 0 Å². The summed E-state index contributed by atoms with van der Waals surface area (Å²) in [5.74, 6) is 1.22. The molecule has 1 aromatic rings. The fourth-order valence-corrected chi connectivity index (χ4v) is 3.33. The fraction of sp³-hybridized carbons (Fsp3) is 0.571. The smallest absolute Gasteiger partial charge is 0.121 e. The van der Waals surface area contributed by atoms with Gasteiger partial charge in [0.1, 0.15) is 14.7 Å². The topological polar surface area (TPSA) is 24.9 Å². The second-order valence-electron chi connectivity index (χ2n) is 2.56. The third-order valence-electron chi connectivity index (χ3n) is 1.66. The molecule has 12 heavy (non-hydrogen) atoms. The Bertz CT molecular complexity index is 258. The highest BCUT2D eigenvalue weighted by molar-refractivity contribution is 7.99. The van der Waals surface area contributed by atoms with Crippen molar-refractivity contribution in [3.63, 3.8) is 0 Å². The van der Waals surface area contributed by atoms with Crippen LogP contribution < -0.4 is 5.32 Å². The lowest BCUT2D eigenvalue weighted by molar-refractivity contribution is 0.640. The summed E-state index contributed by atoms with van der Waals surface area (Å²) in [5.41, 5.74) is 0. The fourth-order valence-electron chi connectivity index (χ4n) is 1.11. The van der Waals surface area contributed by atoms with Crippen LogP contribution in [0.3, 0.4) is 0 Å². The zero-order valence-electron chi connectivity index (χ0n) is 6.42. The third-order valence-corrected chi connectivity index (χ3v) is 4.23. The number of hydrogen-bond acceptors (Lipinski definition) is 4. The second-order valence-corrected chi connectivity index (χ2v) is 5.47. The van der Waals surface area contributed by atoms with E-state index < -0.39 is 0 Å². The average molecular weight is 221 g/mol. The van der Waals surface area contributed by atoms with E-state index in [0.29, 0.717) is 5.37 Å². The molecule has 0 aliphatic carbocycles. The number of thioether (sulfide) groups is 1. The predicted octanol–water partition coefficient (Wildman–Crippen LogP) is 2.52. The first-order valence-electron chi connectivity index (χ1n) is 3.82. The van der Waals surface area contributed by atoms with Gasteiger partial charge in [-0.25, -0.2) is 4.98 Å². The minimum Gasteiger partial charge on any atom is -0.300 e. The lowest BCUT2D eigenvalue weighted by Gasteiger charge is -2.20. The van der Waals surface area contributed by atoms with Crippen molar-refractivity contribution in [3.8, 4) is 0 Å². The zero-order chi connectivity index (χ0) is 8.39. The standard InChI is InChI=1S/C7H9ClN2S2/c8-5-4-10-7(12-5)6-9-2-1-3-11-6/h4,6,9H,1-3H2. The summed E-state index contributed by atoms with van der Waals surface area (Å²) in [6, 6.07) is 0. The number of nitrogens with one attached hydrogen (secondary N) is 1.